The van der Waals surface area contributed by atoms with Gasteiger partial charge in [0.05, 0.1) is 5.56 Å². The number of rotatable bonds is 4. The molecule has 4 heteroatoms. The van der Waals surface area contributed by atoms with E-state index in [0.717, 1.165) is 22.3 Å². The van der Waals surface area contributed by atoms with Gasteiger partial charge in [-0.25, -0.2) is 4.79 Å². The van der Waals surface area contributed by atoms with Crippen molar-refractivity contribution in [1.82, 2.24) is 5.48 Å². The molecule has 0 radical (unpaired) electrons. The summed E-state index contributed by atoms with van der Waals surface area (Å²) in [6, 6.07) is 13.5. The van der Waals surface area contributed by atoms with Crippen molar-refractivity contribution in [3.8, 4) is 0 Å². The summed E-state index contributed by atoms with van der Waals surface area (Å²) in [5.74, 6) is -0.927. The molecule has 0 aliphatic heterocycles. The maximum Gasteiger partial charge on any atom is 0.363 e. The lowest BCUT2D eigenvalue weighted by molar-refractivity contribution is -0.129. The van der Waals surface area contributed by atoms with E-state index in [0.29, 0.717) is 5.56 Å². The van der Waals surface area contributed by atoms with E-state index in [1.807, 2.05) is 69.3 Å². The molecule has 0 aromatic heterocycles. The van der Waals surface area contributed by atoms with Crippen molar-refractivity contribution in [1.29, 1.82) is 0 Å². The fraction of sp³-hybridized carbons (Fsp3) is 0.200. The summed E-state index contributed by atoms with van der Waals surface area (Å²) in [7, 11) is 0. The van der Waals surface area contributed by atoms with Crippen molar-refractivity contribution in [3.63, 3.8) is 0 Å². The number of amides is 1. The lowest BCUT2D eigenvalue weighted by atomic mass is 10.0. The highest BCUT2D eigenvalue weighted by Crippen LogP contribution is 2.17. The van der Waals surface area contributed by atoms with E-state index in [1.165, 1.54) is 0 Å². The van der Waals surface area contributed by atoms with Gasteiger partial charge in [0.25, 0.3) is 5.91 Å². The SMILES string of the molecule is Cc1cc(C)c(C(=O)ONC(=O)C/C=C/c2ccccc2)c(C)c1. The van der Waals surface area contributed by atoms with Crippen molar-refractivity contribution in [2.45, 2.75) is 27.2 Å². The molecule has 2 rings (SSSR count). The van der Waals surface area contributed by atoms with Gasteiger partial charge in [0, 0.05) is 6.42 Å². The van der Waals surface area contributed by atoms with Crippen LogP contribution in [-0.4, -0.2) is 11.9 Å². The summed E-state index contributed by atoms with van der Waals surface area (Å²) in [6.45, 7) is 5.66. The van der Waals surface area contributed by atoms with Crippen LogP contribution in [0.15, 0.2) is 48.5 Å². The Balaban J connectivity index is 1.88. The van der Waals surface area contributed by atoms with E-state index in [-0.39, 0.29) is 12.3 Å². The summed E-state index contributed by atoms with van der Waals surface area (Å²) in [5.41, 5.74) is 6.43. The Hall–Kier alpha value is -2.88. The van der Waals surface area contributed by atoms with Gasteiger partial charge < -0.3 is 4.84 Å². The van der Waals surface area contributed by atoms with Crippen molar-refractivity contribution < 1.29 is 14.4 Å². The molecule has 0 unspecified atom stereocenters. The molecule has 0 aliphatic carbocycles. The molecule has 124 valence electrons. The number of hydrogen-bond donors (Lipinski definition) is 1. The zero-order chi connectivity index (χ0) is 17.5. The number of carbonyl (C=O) groups excluding carboxylic acids is 2. The molecule has 4 nitrogen and oxygen atoms in total. The number of benzene rings is 2. The molecule has 0 heterocycles. The first kappa shape index (κ1) is 17.5. The van der Waals surface area contributed by atoms with Crippen LogP contribution in [0.2, 0.25) is 0 Å². The predicted molar refractivity (Wildman–Crippen MR) is 94.3 cm³/mol. The fourth-order valence-corrected chi connectivity index (χ4v) is 2.56. The Bertz CT molecular complexity index is 741. The zero-order valence-electron chi connectivity index (χ0n) is 14.1. The number of aryl methyl sites for hydroxylation is 3. The first-order valence-electron chi connectivity index (χ1n) is 7.77. The van der Waals surface area contributed by atoms with Crippen LogP contribution < -0.4 is 5.48 Å². The average molecular weight is 323 g/mol. The third-order valence-electron chi connectivity index (χ3n) is 3.55. The van der Waals surface area contributed by atoms with E-state index < -0.39 is 5.97 Å². The van der Waals surface area contributed by atoms with E-state index in [2.05, 4.69) is 5.48 Å². The number of carbonyl (C=O) groups is 2. The van der Waals surface area contributed by atoms with Gasteiger partial charge in [-0.2, -0.15) is 5.48 Å². The molecule has 0 aliphatic rings. The highest BCUT2D eigenvalue weighted by molar-refractivity contribution is 5.93. The molecule has 2 aromatic carbocycles. The fourth-order valence-electron chi connectivity index (χ4n) is 2.56. The van der Waals surface area contributed by atoms with E-state index in [4.69, 9.17) is 4.84 Å². The topological polar surface area (TPSA) is 55.4 Å². The Morgan fingerprint density at radius 1 is 1.04 bits per heavy atom. The molecule has 0 atom stereocenters. The number of hydrogen-bond acceptors (Lipinski definition) is 3. The minimum Gasteiger partial charge on any atom is -0.335 e. The van der Waals surface area contributed by atoms with Crippen molar-refractivity contribution >= 4 is 18.0 Å². The molecule has 1 N–H and O–H groups in total. The first-order valence-corrected chi connectivity index (χ1v) is 7.77. The largest absolute Gasteiger partial charge is 0.363 e. The van der Waals surface area contributed by atoms with Gasteiger partial charge in [0.15, 0.2) is 0 Å². The second-order valence-electron chi connectivity index (χ2n) is 5.71. The summed E-state index contributed by atoms with van der Waals surface area (Å²) >= 11 is 0. The minimum atomic E-state index is -0.551. The normalized spacial score (nSPS) is 10.6. The van der Waals surface area contributed by atoms with Crippen LogP contribution >= 0.6 is 0 Å². The van der Waals surface area contributed by atoms with Gasteiger partial charge >= 0.3 is 5.97 Å². The number of nitrogens with one attached hydrogen (secondary N) is 1. The smallest absolute Gasteiger partial charge is 0.335 e. The van der Waals surface area contributed by atoms with Gasteiger partial charge in [-0.1, -0.05) is 60.2 Å². The zero-order valence-corrected chi connectivity index (χ0v) is 14.1. The third-order valence-corrected chi connectivity index (χ3v) is 3.55. The van der Waals surface area contributed by atoms with Crippen LogP contribution in [-0.2, 0) is 9.63 Å². The predicted octanol–water partition coefficient (Wildman–Crippen LogP) is 3.90. The Morgan fingerprint density at radius 3 is 2.29 bits per heavy atom. The second-order valence-corrected chi connectivity index (χ2v) is 5.71. The van der Waals surface area contributed by atoms with Crippen LogP contribution in [0.3, 0.4) is 0 Å². The molecule has 2 aromatic rings. The quantitative estimate of drug-likeness (QED) is 0.868. The molecule has 0 saturated carbocycles. The molecular formula is C20H21NO3. The Kier molecular flexibility index (Phi) is 5.90. The Labute approximate surface area is 142 Å². The third kappa shape index (κ3) is 4.81. The van der Waals surface area contributed by atoms with E-state index in [1.54, 1.807) is 6.08 Å². The minimum absolute atomic E-state index is 0.133. The second kappa shape index (κ2) is 8.11. The number of hydroxylamine groups is 1. The van der Waals surface area contributed by atoms with Gasteiger partial charge in [0.1, 0.15) is 0 Å². The molecule has 0 bridgehead atoms. The van der Waals surface area contributed by atoms with Crippen LogP contribution in [0.25, 0.3) is 6.08 Å². The summed E-state index contributed by atoms with van der Waals surface area (Å²) in [6.07, 6.45) is 3.70. The van der Waals surface area contributed by atoms with Gasteiger partial charge in [-0.05, 0) is 37.5 Å². The maximum absolute atomic E-state index is 12.1. The lowest BCUT2D eigenvalue weighted by Gasteiger charge is -2.10. The summed E-state index contributed by atoms with van der Waals surface area (Å²) in [5, 5.41) is 0. The molecule has 1 amide bonds. The van der Waals surface area contributed by atoms with Crippen LogP contribution in [0.4, 0.5) is 0 Å². The van der Waals surface area contributed by atoms with Crippen molar-refractivity contribution in [2.75, 3.05) is 0 Å². The van der Waals surface area contributed by atoms with Gasteiger partial charge in [-0.3, -0.25) is 4.79 Å². The van der Waals surface area contributed by atoms with Crippen LogP contribution in [0, 0.1) is 20.8 Å². The van der Waals surface area contributed by atoms with Crippen LogP contribution in [0.1, 0.15) is 39.0 Å². The highest BCUT2D eigenvalue weighted by Gasteiger charge is 2.15. The molecule has 0 spiro atoms. The van der Waals surface area contributed by atoms with Crippen molar-refractivity contribution in [2.24, 2.45) is 0 Å². The molecule has 0 saturated heterocycles. The van der Waals surface area contributed by atoms with Gasteiger partial charge in [-0.15, -0.1) is 0 Å². The summed E-state index contributed by atoms with van der Waals surface area (Å²) < 4.78 is 0. The maximum atomic E-state index is 12.1. The Morgan fingerprint density at radius 2 is 1.67 bits per heavy atom. The molecule has 24 heavy (non-hydrogen) atoms. The molecule has 0 fully saturated rings. The molecular weight excluding hydrogens is 302 g/mol. The van der Waals surface area contributed by atoms with E-state index in [9.17, 15) is 9.59 Å². The monoisotopic (exact) mass is 323 g/mol. The van der Waals surface area contributed by atoms with Gasteiger partial charge in [0.2, 0.25) is 0 Å². The van der Waals surface area contributed by atoms with E-state index >= 15 is 0 Å². The first-order chi connectivity index (χ1) is 11.5. The van der Waals surface area contributed by atoms with Crippen molar-refractivity contribution in [3.05, 3.63) is 76.4 Å². The standard InChI is InChI=1S/C20H21NO3/c1-14-12-15(2)19(16(3)13-14)20(23)24-21-18(22)11-7-10-17-8-5-4-6-9-17/h4-10,12-13H,11H2,1-3H3,(H,21,22)/b10-7+. The highest BCUT2D eigenvalue weighted by atomic mass is 16.7. The lowest BCUT2D eigenvalue weighted by Crippen LogP contribution is -2.27. The average Bonchev–Trinajstić information content (AvgIpc) is 2.53. The van der Waals surface area contributed by atoms with Crippen LogP contribution in [0.5, 0.6) is 0 Å². The summed E-state index contributed by atoms with van der Waals surface area (Å²) in [4.78, 5) is 28.8.